The van der Waals surface area contributed by atoms with Gasteiger partial charge in [0.15, 0.2) is 0 Å². The Balaban J connectivity index is 1.32. The molecule has 4 rings (SSSR count). The van der Waals surface area contributed by atoms with Crippen molar-refractivity contribution in [2.45, 2.75) is 45.7 Å². The molecular formula is C20H26N4O2. The van der Waals surface area contributed by atoms with Crippen molar-refractivity contribution < 1.29 is 9.32 Å². The number of amides is 1. The molecule has 0 saturated carbocycles. The van der Waals surface area contributed by atoms with Crippen LogP contribution in [0.25, 0.3) is 0 Å². The lowest BCUT2D eigenvalue weighted by Gasteiger charge is -2.53. The van der Waals surface area contributed by atoms with Gasteiger partial charge in [0, 0.05) is 56.6 Å². The molecule has 0 aromatic carbocycles. The molecule has 2 atom stereocenters. The Labute approximate surface area is 154 Å². The highest BCUT2D eigenvalue weighted by Crippen LogP contribution is 2.33. The Kier molecular flexibility index (Phi) is 4.76. The fraction of sp³-hybridized carbons (Fsp3) is 0.550. The summed E-state index contributed by atoms with van der Waals surface area (Å²) in [6.07, 6.45) is 6.10. The summed E-state index contributed by atoms with van der Waals surface area (Å²) in [5.74, 6) is 1.81. The normalized spacial score (nSPS) is 22.8. The maximum Gasteiger partial charge on any atom is 0.222 e. The first kappa shape index (κ1) is 17.2. The van der Waals surface area contributed by atoms with E-state index in [9.17, 15) is 4.79 Å². The van der Waals surface area contributed by atoms with Crippen molar-refractivity contribution in [3.05, 3.63) is 47.1 Å². The summed E-state index contributed by atoms with van der Waals surface area (Å²) in [5, 5.41) is 3.98. The third kappa shape index (κ3) is 3.38. The Morgan fingerprint density at radius 1 is 1.35 bits per heavy atom. The van der Waals surface area contributed by atoms with Crippen LogP contribution in [-0.2, 0) is 17.8 Å². The van der Waals surface area contributed by atoms with Crippen LogP contribution in [0.4, 0.5) is 0 Å². The topological polar surface area (TPSA) is 62.5 Å². The molecule has 0 spiro atoms. The molecule has 2 saturated heterocycles. The number of pyridine rings is 1. The molecule has 138 valence electrons. The highest BCUT2D eigenvalue weighted by atomic mass is 16.5. The average molecular weight is 354 g/mol. The van der Waals surface area contributed by atoms with Crippen molar-refractivity contribution in [1.29, 1.82) is 0 Å². The van der Waals surface area contributed by atoms with Gasteiger partial charge < -0.3 is 9.42 Å². The molecule has 4 heterocycles. The van der Waals surface area contributed by atoms with Crippen LogP contribution in [0.5, 0.6) is 0 Å². The second-order valence-corrected chi connectivity index (χ2v) is 7.55. The fourth-order valence-electron chi connectivity index (χ4n) is 4.29. The van der Waals surface area contributed by atoms with Gasteiger partial charge in [0.1, 0.15) is 5.76 Å². The number of carbonyl (C=O) groups excluding carboxylic acids is 1. The molecule has 0 radical (unpaired) electrons. The van der Waals surface area contributed by atoms with E-state index >= 15 is 0 Å². The van der Waals surface area contributed by atoms with Crippen LogP contribution in [0, 0.1) is 19.8 Å². The summed E-state index contributed by atoms with van der Waals surface area (Å²) in [7, 11) is 0. The van der Waals surface area contributed by atoms with E-state index < -0.39 is 0 Å². The molecule has 6 heteroatoms. The number of fused-ring (bicyclic) bond motifs is 1. The smallest absolute Gasteiger partial charge is 0.222 e. The van der Waals surface area contributed by atoms with Crippen LogP contribution < -0.4 is 0 Å². The van der Waals surface area contributed by atoms with Gasteiger partial charge in [-0.15, -0.1) is 0 Å². The van der Waals surface area contributed by atoms with Crippen molar-refractivity contribution in [3.8, 4) is 0 Å². The number of hydrogen-bond acceptors (Lipinski definition) is 5. The molecule has 2 aromatic heterocycles. The first-order valence-corrected chi connectivity index (χ1v) is 9.44. The zero-order valence-electron chi connectivity index (χ0n) is 15.5. The van der Waals surface area contributed by atoms with Gasteiger partial charge in [-0.3, -0.25) is 14.7 Å². The third-order valence-corrected chi connectivity index (χ3v) is 5.89. The summed E-state index contributed by atoms with van der Waals surface area (Å²) in [5.41, 5.74) is 3.22. The molecule has 1 amide bonds. The van der Waals surface area contributed by atoms with Crippen molar-refractivity contribution in [1.82, 2.24) is 19.9 Å². The predicted molar refractivity (Wildman–Crippen MR) is 97.4 cm³/mol. The number of aryl methyl sites for hydroxylation is 2. The van der Waals surface area contributed by atoms with Crippen LogP contribution in [0.3, 0.4) is 0 Å². The zero-order valence-corrected chi connectivity index (χ0v) is 15.5. The summed E-state index contributed by atoms with van der Waals surface area (Å²) < 4.78 is 5.20. The minimum Gasteiger partial charge on any atom is -0.361 e. The minimum atomic E-state index is 0.247. The molecule has 6 nitrogen and oxygen atoms in total. The third-order valence-electron chi connectivity index (χ3n) is 5.89. The minimum absolute atomic E-state index is 0.247. The lowest BCUT2D eigenvalue weighted by Crippen LogP contribution is -2.64. The quantitative estimate of drug-likeness (QED) is 0.825. The van der Waals surface area contributed by atoms with E-state index in [2.05, 4.69) is 26.0 Å². The maximum atomic E-state index is 12.7. The molecule has 26 heavy (non-hydrogen) atoms. The largest absolute Gasteiger partial charge is 0.361 e. The molecule has 2 aromatic rings. The lowest BCUT2D eigenvalue weighted by molar-refractivity contribution is -0.138. The van der Waals surface area contributed by atoms with Gasteiger partial charge in [-0.1, -0.05) is 11.2 Å². The van der Waals surface area contributed by atoms with Gasteiger partial charge in [-0.25, -0.2) is 0 Å². The van der Waals surface area contributed by atoms with Gasteiger partial charge in [-0.05, 0) is 44.2 Å². The molecular weight excluding hydrogens is 328 g/mol. The molecule has 2 aliphatic rings. The van der Waals surface area contributed by atoms with E-state index in [1.54, 1.807) is 0 Å². The van der Waals surface area contributed by atoms with Gasteiger partial charge in [0.2, 0.25) is 5.91 Å². The number of rotatable bonds is 5. The SMILES string of the molecule is Cc1noc(C)c1CCC(=O)N1CC[C@@H]2CN(Cc3cccnc3)[C@@H]2C1. The molecule has 2 fully saturated rings. The molecule has 0 N–H and O–H groups in total. The number of hydrogen-bond donors (Lipinski definition) is 0. The van der Waals surface area contributed by atoms with Crippen molar-refractivity contribution in [3.63, 3.8) is 0 Å². The van der Waals surface area contributed by atoms with Gasteiger partial charge in [0.05, 0.1) is 5.69 Å². The van der Waals surface area contributed by atoms with E-state index in [-0.39, 0.29) is 5.91 Å². The number of likely N-dealkylation sites (tertiary alicyclic amines) is 2. The van der Waals surface area contributed by atoms with Crippen molar-refractivity contribution in [2.24, 2.45) is 5.92 Å². The second-order valence-electron chi connectivity index (χ2n) is 7.55. The van der Waals surface area contributed by atoms with Gasteiger partial charge in [0.25, 0.3) is 0 Å². The Morgan fingerprint density at radius 3 is 2.96 bits per heavy atom. The number of aromatic nitrogens is 2. The number of piperidine rings is 1. The van der Waals surface area contributed by atoms with E-state index in [0.29, 0.717) is 18.9 Å². The first-order valence-electron chi connectivity index (χ1n) is 9.44. The van der Waals surface area contributed by atoms with Crippen LogP contribution in [0.15, 0.2) is 29.0 Å². The summed E-state index contributed by atoms with van der Waals surface area (Å²) in [4.78, 5) is 21.4. The van der Waals surface area contributed by atoms with Crippen LogP contribution in [0.2, 0.25) is 0 Å². The van der Waals surface area contributed by atoms with E-state index in [1.165, 1.54) is 5.56 Å². The van der Waals surface area contributed by atoms with Crippen LogP contribution in [0.1, 0.15) is 35.4 Å². The highest BCUT2D eigenvalue weighted by molar-refractivity contribution is 5.76. The second kappa shape index (κ2) is 7.19. The van der Waals surface area contributed by atoms with Crippen LogP contribution in [-0.4, -0.2) is 51.5 Å². The summed E-state index contributed by atoms with van der Waals surface area (Å²) in [6.45, 7) is 7.66. The number of nitrogens with zero attached hydrogens (tertiary/aromatic N) is 4. The lowest BCUT2D eigenvalue weighted by atomic mass is 9.82. The molecule has 0 aliphatic carbocycles. The summed E-state index contributed by atoms with van der Waals surface area (Å²) in [6, 6.07) is 4.60. The summed E-state index contributed by atoms with van der Waals surface area (Å²) >= 11 is 0. The molecule has 0 bridgehead atoms. The number of carbonyl (C=O) groups is 1. The maximum absolute atomic E-state index is 12.7. The highest BCUT2D eigenvalue weighted by Gasteiger charge is 2.43. The van der Waals surface area contributed by atoms with Crippen LogP contribution >= 0.6 is 0 Å². The van der Waals surface area contributed by atoms with Gasteiger partial charge >= 0.3 is 0 Å². The Morgan fingerprint density at radius 2 is 2.23 bits per heavy atom. The Bertz CT molecular complexity index is 754. The van der Waals surface area contributed by atoms with Crippen molar-refractivity contribution in [2.75, 3.05) is 19.6 Å². The molecule has 0 unspecified atom stereocenters. The predicted octanol–water partition coefficient (Wildman–Crippen LogP) is 2.35. The average Bonchev–Trinajstić information content (AvgIpc) is 2.96. The first-order chi connectivity index (χ1) is 12.6. The van der Waals surface area contributed by atoms with E-state index in [4.69, 9.17) is 4.52 Å². The fourth-order valence-corrected chi connectivity index (χ4v) is 4.29. The van der Waals surface area contributed by atoms with Crippen molar-refractivity contribution >= 4 is 5.91 Å². The monoisotopic (exact) mass is 354 g/mol. The standard InChI is InChI=1S/C20H26N4O2/c1-14-18(15(2)26-22-14)5-6-20(25)23-9-7-17-12-24(19(17)13-23)11-16-4-3-8-21-10-16/h3-4,8,10,17,19H,5-7,9,11-13H2,1-2H3/t17-,19-/m1/s1. The molecule has 2 aliphatic heterocycles. The zero-order chi connectivity index (χ0) is 18.1. The van der Waals surface area contributed by atoms with E-state index in [0.717, 1.165) is 55.5 Å². The van der Waals surface area contributed by atoms with E-state index in [1.807, 2.05) is 32.3 Å². The Hall–Kier alpha value is -2.21. The van der Waals surface area contributed by atoms with Gasteiger partial charge in [-0.2, -0.15) is 0 Å².